The molecule has 138 valence electrons. The molecule has 0 saturated carbocycles. The number of nitrogens with zero attached hydrogens (tertiary/aromatic N) is 1. The minimum Gasteiger partial charge on any atom is -0.494 e. The Morgan fingerprint density at radius 2 is 2.15 bits per heavy atom. The highest BCUT2D eigenvalue weighted by atomic mass is 16.5. The van der Waals surface area contributed by atoms with E-state index >= 15 is 0 Å². The van der Waals surface area contributed by atoms with E-state index in [9.17, 15) is 0 Å². The molecular weight excluding hydrogens is 320 g/mol. The fourth-order valence-corrected chi connectivity index (χ4v) is 3.63. The van der Waals surface area contributed by atoms with Crippen LogP contribution < -0.4 is 10.1 Å². The highest BCUT2D eigenvalue weighted by Crippen LogP contribution is 2.36. The van der Waals surface area contributed by atoms with Crippen LogP contribution in [0.1, 0.15) is 44.7 Å². The molecule has 0 aromatic heterocycles. The second-order valence-corrected chi connectivity index (χ2v) is 7.38. The van der Waals surface area contributed by atoms with Crippen LogP contribution in [0.5, 0.6) is 5.75 Å². The fourth-order valence-electron chi connectivity index (χ4n) is 3.63. The molecule has 3 nitrogen and oxygen atoms in total. The molecule has 1 N–H and O–H groups in total. The molecule has 0 radical (unpaired) electrons. The van der Waals surface area contributed by atoms with Crippen molar-refractivity contribution in [1.29, 1.82) is 0 Å². The Hall–Kier alpha value is -2.13. The summed E-state index contributed by atoms with van der Waals surface area (Å²) in [6.45, 7) is 10.3. The molecule has 0 spiro atoms. The zero-order chi connectivity index (χ0) is 18.6. The van der Waals surface area contributed by atoms with Gasteiger partial charge in [-0.3, -0.25) is 4.99 Å². The third-order valence-electron chi connectivity index (χ3n) is 5.15. The summed E-state index contributed by atoms with van der Waals surface area (Å²) in [6, 6.07) is 6.77. The van der Waals surface area contributed by atoms with Crippen LogP contribution >= 0.6 is 0 Å². The van der Waals surface area contributed by atoms with Crippen molar-refractivity contribution in [3.63, 3.8) is 0 Å². The number of aryl methyl sites for hydroxylation is 1. The Morgan fingerprint density at radius 1 is 1.31 bits per heavy atom. The molecule has 1 heterocycles. The van der Waals surface area contributed by atoms with Crippen molar-refractivity contribution >= 4 is 11.3 Å². The van der Waals surface area contributed by atoms with Crippen molar-refractivity contribution < 1.29 is 4.74 Å². The Balaban J connectivity index is 1.96. The number of hydrogen-bond donors (Lipinski definition) is 1. The number of nitrogens with one attached hydrogen (secondary N) is 1. The first-order valence-electron chi connectivity index (χ1n) is 9.69. The second kappa shape index (κ2) is 8.05. The maximum absolute atomic E-state index is 5.69. The van der Waals surface area contributed by atoms with Crippen LogP contribution in [0.4, 0.5) is 0 Å². The molecule has 2 aliphatic rings. The second-order valence-electron chi connectivity index (χ2n) is 7.38. The zero-order valence-corrected chi connectivity index (χ0v) is 16.4. The third-order valence-corrected chi connectivity index (χ3v) is 5.15. The van der Waals surface area contributed by atoms with Crippen molar-refractivity contribution in [2.45, 2.75) is 46.6 Å². The molecular formula is C23H30N2O. The van der Waals surface area contributed by atoms with Gasteiger partial charge in [0.15, 0.2) is 0 Å². The molecule has 3 heteroatoms. The molecule has 0 amide bonds. The van der Waals surface area contributed by atoms with Gasteiger partial charge in [-0.1, -0.05) is 38.1 Å². The van der Waals surface area contributed by atoms with Gasteiger partial charge in [-0.25, -0.2) is 0 Å². The molecule has 0 fully saturated rings. The summed E-state index contributed by atoms with van der Waals surface area (Å²) in [4.78, 5) is 4.66. The van der Waals surface area contributed by atoms with Crippen molar-refractivity contribution in [1.82, 2.24) is 5.32 Å². The maximum atomic E-state index is 5.69. The predicted molar refractivity (Wildman–Crippen MR) is 111 cm³/mol. The Labute approximate surface area is 157 Å². The summed E-state index contributed by atoms with van der Waals surface area (Å²) in [7, 11) is 0. The summed E-state index contributed by atoms with van der Waals surface area (Å²) < 4.78 is 5.69. The van der Waals surface area contributed by atoms with Crippen molar-refractivity contribution in [3.8, 4) is 5.75 Å². The monoisotopic (exact) mass is 350 g/mol. The van der Waals surface area contributed by atoms with Gasteiger partial charge in [0.2, 0.25) is 0 Å². The normalized spacial score (nSPS) is 26.5. The van der Waals surface area contributed by atoms with E-state index in [1.165, 1.54) is 11.1 Å². The van der Waals surface area contributed by atoms with Crippen LogP contribution in [0.25, 0.3) is 5.57 Å². The molecule has 0 bridgehead atoms. The van der Waals surface area contributed by atoms with E-state index in [0.717, 1.165) is 36.4 Å². The number of benzene rings is 1. The number of hydrogen-bond acceptors (Lipinski definition) is 3. The van der Waals surface area contributed by atoms with Crippen LogP contribution in [0.15, 0.2) is 53.7 Å². The van der Waals surface area contributed by atoms with Gasteiger partial charge in [0.1, 0.15) is 5.75 Å². The minimum atomic E-state index is -0.0122. The smallest absolute Gasteiger partial charge is 0.122 e. The fraction of sp³-hybridized carbons (Fsp3) is 0.435. The Bertz CT molecular complexity index is 772. The Morgan fingerprint density at radius 3 is 2.88 bits per heavy atom. The van der Waals surface area contributed by atoms with Gasteiger partial charge in [0, 0.05) is 17.7 Å². The quantitative estimate of drug-likeness (QED) is 0.776. The van der Waals surface area contributed by atoms with Gasteiger partial charge < -0.3 is 10.1 Å². The molecule has 0 saturated heterocycles. The van der Waals surface area contributed by atoms with Gasteiger partial charge in [-0.05, 0) is 68.1 Å². The summed E-state index contributed by atoms with van der Waals surface area (Å²) in [5.74, 6) is 0.957. The van der Waals surface area contributed by atoms with Gasteiger partial charge in [0.05, 0.1) is 12.3 Å². The molecule has 26 heavy (non-hydrogen) atoms. The maximum Gasteiger partial charge on any atom is 0.122 e. The van der Waals surface area contributed by atoms with Gasteiger partial charge >= 0.3 is 0 Å². The first-order chi connectivity index (χ1) is 12.6. The molecule has 3 rings (SSSR count). The summed E-state index contributed by atoms with van der Waals surface area (Å²) in [5.41, 5.74) is 4.70. The number of allylic oxidation sites excluding steroid dienone is 4. The average molecular weight is 351 g/mol. The molecule has 1 aromatic rings. The third kappa shape index (κ3) is 3.99. The molecule has 2 unspecified atom stereocenters. The Kier molecular flexibility index (Phi) is 5.77. The lowest BCUT2D eigenvalue weighted by molar-refractivity contribution is 0.338. The lowest BCUT2D eigenvalue weighted by atomic mass is 9.77. The van der Waals surface area contributed by atoms with Crippen molar-refractivity contribution in [2.75, 3.05) is 13.2 Å². The van der Waals surface area contributed by atoms with Gasteiger partial charge in [-0.15, -0.1) is 0 Å². The van der Waals surface area contributed by atoms with E-state index in [1.807, 2.05) is 13.1 Å². The lowest BCUT2D eigenvalue weighted by Crippen LogP contribution is -2.36. The van der Waals surface area contributed by atoms with Crippen LogP contribution in [-0.4, -0.2) is 24.9 Å². The average Bonchev–Trinajstić information content (AvgIpc) is 2.95. The highest BCUT2D eigenvalue weighted by molar-refractivity contribution is 6.08. The summed E-state index contributed by atoms with van der Waals surface area (Å²) in [5, 5.41) is 3.66. The molecule has 1 aliphatic heterocycles. The van der Waals surface area contributed by atoms with E-state index in [4.69, 9.17) is 4.74 Å². The van der Waals surface area contributed by atoms with Gasteiger partial charge in [-0.2, -0.15) is 0 Å². The standard InChI is InChI=1S/C23H30N2O/c1-5-12-24-20-9-7-19(15-22-23(4,16-20)11-13-25-22)18-8-10-21(26-6-2)17(3)14-18/h7-11,13-15,20,24H,5-6,12,16H2,1-4H3/b9-7?,19-15+. The van der Waals surface area contributed by atoms with E-state index in [1.54, 1.807) is 0 Å². The van der Waals surface area contributed by atoms with Crippen molar-refractivity contribution in [3.05, 3.63) is 59.8 Å². The topological polar surface area (TPSA) is 33.6 Å². The summed E-state index contributed by atoms with van der Waals surface area (Å²) >= 11 is 0. The van der Waals surface area contributed by atoms with Crippen LogP contribution in [-0.2, 0) is 0 Å². The first-order valence-corrected chi connectivity index (χ1v) is 9.69. The van der Waals surface area contributed by atoms with Crippen LogP contribution in [0, 0.1) is 12.3 Å². The minimum absolute atomic E-state index is 0.0122. The first kappa shape index (κ1) is 18.7. The predicted octanol–water partition coefficient (Wildman–Crippen LogP) is 5.08. The largest absolute Gasteiger partial charge is 0.494 e. The number of ether oxygens (including phenoxy) is 1. The zero-order valence-electron chi connectivity index (χ0n) is 16.4. The lowest BCUT2D eigenvalue weighted by Gasteiger charge is -2.30. The van der Waals surface area contributed by atoms with Crippen LogP contribution in [0.2, 0.25) is 0 Å². The number of rotatable bonds is 6. The molecule has 1 aromatic carbocycles. The highest BCUT2D eigenvalue weighted by Gasteiger charge is 2.33. The van der Waals surface area contributed by atoms with Gasteiger partial charge in [0.25, 0.3) is 0 Å². The van der Waals surface area contributed by atoms with Crippen molar-refractivity contribution in [2.24, 2.45) is 10.4 Å². The molecule has 1 aliphatic carbocycles. The van der Waals surface area contributed by atoms with Crippen LogP contribution in [0.3, 0.4) is 0 Å². The number of aliphatic imine (C=N–C) groups is 1. The summed E-state index contributed by atoms with van der Waals surface area (Å²) in [6.07, 6.45) is 13.1. The molecule has 2 atom stereocenters. The SMILES string of the molecule is CCCNC1C=C/C(c2ccc(OCC)c(C)c2)=C\C2=NC=CC2(C)C1. The van der Waals surface area contributed by atoms with E-state index in [2.05, 4.69) is 73.6 Å². The van der Waals surface area contributed by atoms with E-state index in [-0.39, 0.29) is 5.41 Å². The van der Waals surface area contributed by atoms with E-state index < -0.39 is 0 Å². The number of fused-ring (bicyclic) bond motifs is 1. The van der Waals surface area contributed by atoms with E-state index in [0.29, 0.717) is 12.6 Å².